The Labute approximate surface area is 78.2 Å². The average Bonchev–Trinajstić information content (AvgIpc) is 2.35. The summed E-state index contributed by atoms with van der Waals surface area (Å²) in [6.45, 7) is 0.0491. The zero-order valence-corrected chi connectivity index (χ0v) is 8.36. The number of halogens is 1. The van der Waals surface area contributed by atoms with Crippen molar-refractivity contribution < 1.29 is 5.11 Å². The smallest absolute Gasteiger partial charge is 0.0701 e. The van der Waals surface area contributed by atoms with Gasteiger partial charge in [0.05, 0.1) is 10.4 Å². The summed E-state index contributed by atoms with van der Waals surface area (Å²) in [7, 11) is 0. The van der Waals surface area contributed by atoms with E-state index in [1.807, 2.05) is 11.4 Å². The SMILES string of the molecule is NC(CO)Cc1csc(Br)c1. The Morgan fingerprint density at radius 3 is 2.91 bits per heavy atom. The van der Waals surface area contributed by atoms with E-state index >= 15 is 0 Å². The number of thiophene rings is 1. The average molecular weight is 236 g/mol. The molecule has 0 bridgehead atoms. The van der Waals surface area contributed by atoms with E-state index in [-0.39, 0.29) is 12.6 Å². The van der Waals surface area contributed by atoms with Crippen LogP contribution in [0.25, 0.3) is 0 Å². The van der Waals surface area contributed by atoms with E-state index in [1.165, 1.54) is 5.56 Å². The second-order valence-corrected chi connectivity index (χ2v) is 4.70. The molecule has 0 spiro atoms. The molecule has 1 heterocycles. The number of nitrogens with two attached hydrogens (primary N) is 1. The molecule has 0 radical (unpaired) electrons. The van der Waals surface area contributed by atoms with Gasteiger partial charge >= 0.3 is 0 Å². The van der Waals surface area contributed by atoms with Crippen LogP contribution < -0.4 is 5.73 Å². The van der Waals surface area contributed by atoms with Gasteiger partial charge < -0.3 is 10.8 Å². The van der Waals surface area contributed by atoms with E-state index in [4.69, 9.17) is 10.8 Å². The molecule has 0 saturated heterocycles. The van der Waals surface area contributed by atoms with Crippen LogP contribution in [0.2, 0.25) is 0 Å². The molecule has 0 aliphatic rings. The van der Waals surface area contributed by atoms with Crippen molar-refractivity contribution in [3.63, 3.8) is 0 Å². The van der Waals surface area contributed by atoms with Gasteiger partial charge in [0.2, 0.25) is 0 Å². The second-order valence-electron chi connectivity index (χ2n) is 2.41. The number of aliphatic hydroxyl groups excluding tert-OH is 1. The Morgan fingerprint density at radius 1 is 1.73 bits per heavy atom. The molecule has 4 heteroatoms. The van der Waals surface area contributed by atoms with Gasteiger partial charge in [0.1, 0.15) is 0 Å². The van der Waals surface area contributed by atoms with E-state index in [0.29, 0.717) is 0 Å². The Hall–Kier alpha value is 0.100. The summed E-state index contributed by atoms with van der Waals surface area (Å²) in [5.74, 6) is 0. The molecule has 62 valence electrons. The molecular weight excluding hydrogens is 226 g/mol. The molecule has 1 atom stereocenters. The van der Waals surface area contributed by atoms with Gasteiger partial charge in [-0.3, -0.25) is 0 Å². The second kappa shape index (κ2) is 4.21. The van der Waals surface area contributed by atoms with Crippen LogP contribution in [0, 0.1) is 0 Å². The maximum absolute atomic E-state index is 8.67. The van der Waals surface area contributed by atoms with Gasteiger partial charge in [0, 0.05) is 6.04 Å². The van der Waals surface area contributed by atoms with Gasteiger partial charge in [-0.25, -0.2) is 0 Å². The summed E-state index contributed by atoms with van der Waals surface area (Å²) >= 11 is 5.00. The molecular formula is C7H10BrNOS. The highest BCUT2D eigenvalue weighted by Crippen LogP contribution is 2.21. The largest absolute Gasteiger partial charge is 0.395 e. The number of hydrogen-bond acceptors (Lipinski definition) is 3. The van der Waals surface area contributed by atoms with Crippen LogP contribution in [0.4, 0.5) is 0 Å². The lowest BCUT2D eigenvalue weighted by atomic mass is 10.1. The summed E-state index contributed by atoms with van der Waals surface area (Å²) in [6, 6.07) is 1.90. The van der Waals surface area contributed by atoms with Gasteiger partial charge in [0.25, 0.3) is 0 Å². The number of aliphatic hydroxyl groups is 1. The van der Waals surface area contributed by atoms with Crippen molar-refractivity contribution in [1.29, 1.82) is 0 Å². The van der Waals surface area contributed by atoms with Crippen molar-refractivity contribution in [3.05, 3.63) is 20.8 Å². The fourth-order valence-electron chi connectivity index (χ4n) is 0.820. The normalized spacial score (nSPS) is 13.4. The lowest BCUT2D eigenvalue weighted by Crippen LogP contribution is -2.26. The minimum Gasteiger partial charge on any atom is -0.395 e. The maximum atomic E-state index is 8.67. The first-order valence-electron chi connectivity index (χ1n) is 3.31. The van der Waals surface area contributed by atoms with Gasteiger partial charge in [0.15, 0.2) is 0 Å². The highest BCUT2D eigenvalue weighted by atomic mass is 79.9. The Morgan fingerprint density at radius 2 is 2.45 bits per heavy atom. The van der Waals surface area contributed by atoms with Crippen LogP contribution >= 0.6 is 27.3 Å². The summed E-state index contributed by atoms with van der Waals surface area (Å²) < 4.78 is 1.11. The molecule has 1 rings (SSSR count). The number of rotatable bonds is 3. The Bertz CT molecular complexity index is 226. The summed E-state index contributed by atoms with van der Waals surface area (Å²) in [4.78, 5) is 0. The maximum Gasteiger partial charge on any atom is 0.0701 e. The van der Waals surface area contributed by atoms with Crippen molar-refractivity contribution in [1.82, 2.24) is 0 Å². The minimum atomic E-state index is -0.128. The first-order chi connectivity index (χ1) is 5.22. The summed E-state index contributed by atoms with van der Waals surface area (Å²) in [6.07, 6.45) is 0.749. The van der Waals surface area contributed by atoms with Gasteiger partial charge in [-0.05, 0) is 39.4 Å². The third kappa shape index (κ3) is 2.91. The molecule has 1 aromatic heterocycles. The third-order valence-corrected chi connectivity index (χ3v) is 2.91. The lowest BCUT2D eigenvalue weighted by Gasteiger charge is -2.04. The van der Waals surface area contributed by atoms with Crippen molar-refractivity contribution in [2.24, 2.45) is 5.73 Å². The highest BCUT2D eigenvalue weighted by Gasteiger charge is 2.03. The standard InChI is InChI=1S/C7H10BrNOS/c8-7-2-5(4-11-7)1-6(9)3-10/h2,4,6,10H,1,3,9H2. The van der Waals surface area contributed by atoms with E-state index in [9.17, 15) is 0 Å². The van der Waals surface area contributed by atoms with Gasteiger partial charge in [-0.15, -0.1) is 11.3 Å². The monoisotopic (exact) mass is 235 g/mol. The fraction of sp³-hybridized carbons (Fsp3) is 0.429. The molecule has 0 fully saturated rings. The first-order valence-corrected chi connectivity index (χ1v) is 4.99. The zero-order valence-electron chi connectivity index (χ0n) is 5.96. The van der Waals surface area contributed by atoms with Crippen molar-refractivity contribution in [2.75, 3.05) is 6.61 Å². The topological polar surface area (TPSA) is 46.2 Å². The van der Waals surface area contributed by atoms with Crippen LogP contribution in [0.15, 0.2) is 15.2 Å². The molecule has 0 aliphatic heterocycles. The Balaban J connectivity index is 2.50. The molecule has 11 heavy (non-hydrogen) atoms. The summed E-state index contributed by atoms with van der Waals surface area (Å²) in [5, 5.41) is 10.7. The predicted octanol–water partition coefficient (Wildman–Crippen LogP) is 1.37. The fourth-order valence-corrected chi connectivity index (χ4v) is 2.04. The summed E-state index contributed by atoms with van der Waals surface area (Å²) in [5.41, 5.74) is 6.74. The lowest BCUT2D eigenvalue weighted by molar-refractivity contribution is 0.265. The predicted molar refractivity (Wildman–Crippen MR) is 50.8 cm³/mol. The molecule has 3 N–H and O–H groups in total. The van der Waals surface area contributed by atoms with Crippen LogP contribution in [0.1, 0.15) is 5.56 Å². The third-order valence-electron chi connectivity index (χ3n) is 1.35. The minimum absolute atomic E-state index is 0.0491. The number of hydrogen-bond donors (Lipinski definition) is 2. The molecule has 0 amide bonds. The quantitative estimate of drug-likeness (QED) is 0.832. The Kier molecular flexibility index (Phi) is 3.51. The van der Waals surface area contributed by atoms with Crippen LogP contribution in [-0.2, 0) is 6.42 Å². The highest BCUT2D eigenvalue weighted by molar-refractivity contribution is 9.11. The molecule has 0 saturated carbocycles. The van der Waals surface area contributed by atoms with Crippen LogP contribution in [0.3, 0.4) is 0 Å². The van der Waals surface area contributed by atoms with E-state index < -0.39 is 0 Å². The first kappa shape index (κ1) is 9.19. The van der Waals surface area contributed by atoms with E-state index in [2.05, 4.69) is 15.9 Å². The molecule has 0 aliphatic carbocycles. The van der Waals surface area contributed by atoms with E-state index in [1.54, 1.807) is 11.3 Å². The van der Waals surface area contributed by atoms with Gasteiger partial charge in [-0.2, -0.15) is 0 Å². The van der Waals surface area contributed by atoms with Crippen LogP contribution in [-0.4, -0.2) is 17.8 Å². The van der Waals surface area contributed by atoms with Crippen molar-refractivity contribution in [2.45, 2.75) is 12.5 Å². The molecule has 0 aromatic carbocycles. The van der Waals surface area contributed by atoms with Crippen molar-refractivity contribution >= 4 is 27.3 Å². The molecule has 1 unspecified atom stereocenters. The van der Waals surface area contributed by atoms with Crippen LogP contribution in [0.5, 0.6) is 0 Å². The molecule has 1 aromatic rings. The van der Waals surface area contributed by atoms with Crippen molar-refractivity contribution in [3.8, 4) is 0 Å². The van der Waals surface area contributed by atoms with Gasteiger partial charge in [-0.1, -0.05) is 0 Å². The van der Waals surface area contributed by atoms with E-state index in [0.717, 1.165) is 10.2 Å². The zero-order chi connectivity index (χ0) is 8.27. The molecule has 2 nitrogen and oxygen atoms in total.